The van der Waals surface area contributed by atoms with Crippen molar-refractivity contribution in [3.05, 3.63) is 168 Å². The Labute approximate surface area is 290 Å². The van der Waals surface area contributed by atoms with Gasteiger partial charge in [0.1, 0.15) is 0 Å². The minimum absolute atomic E-state index is 0.0859. The average Bonchev–Trinajstić information content (AvgIpc) is 3.61. The summed E-state index contributed by atoms with van der Waals surface area (Å²) in [6, 6.07) is 56.7. The Bertz CT molecular complexity index is 2740. The number of fused-ring (bicyclic) bond motifs is 8. The second-order valence-corrected chi connectivity index (χ2v) is 15.2. The molecule has 1 heterocycles. The van der Waals surface area contributed by atoms with E-state index in [1.165, 1.54) is 103 Å². The monoisotopic (exact) mass is 642 g/mol. The zero-order valence-corrected chi connectivity index (χ0v) is 28.7. The van der Waals surface area contributed by atoms with Crippen LogP contribution in [-0.4, -0.2) is 0 Å². The van der Waals surface area contributed by atoms with Gasteiger partial charge in [-0.2, -0.15) is 0 Å². The molecule has 0 bridgehead atoms. The van der Waals surface area contributed by atoms with Gasteiger partial charge in [-0.15, -0.1) is 11.3 Å². The highest BCUT2D eigenvalue weighted by Gasteiger charge is 2.38. The van der Waals surface area contributed by atoms with E-state index in [0.29, 0.717) is 0 Å². The molecule has 0 saturated carbocycles. The molecule has 0 amide bonds. The fourth-order valence-corrected chi connectivity index (χ4v) is 9.92. The molecule has 1 heteroatoms. The number of hydrogen-bond acceptors (Lipinski definition) is 1. The van der Waals surface area contributed by atoms with Crippen LogP contribution in [0.15, 0.2) is 152 Å². The third kappa shape index (κ3) is 4.09. The van der Waals surface area contributed by atoms with Gasteiger partial charge in [-0.3, -0.25) is 0 Å². The lowest BCUT2D eigenvalue weighted by molar-refractivity contribution is 0.661. The number of hydrogen-bond donors (Lipinski definition) is 0. The van der Waals surface area contributed by atoms with Crippen molar-refractivity contribution in [2.75, 3.05) is 0 Å². The lowest BCUT2D eigenvalue weighted by Crippen LogP contribution is -2.14. The van der Waals surface area contributed by atoms with Crippen LogP contribution in [0.5, 0.6) is 0 Å². The van der Waals surface area contributed by atoms with E-state index in [4.69, 9.17) is 0 Å². The third-order valence-electron chi connectivity index (χ3n) is 10.9. The highest BCUT2D eigenvalue weighted by atomic mass is 32.1. The first-order valence-corrected chi connectivity index (χ1v) is 18.0. The lowest BCUT2D eigenvalue weighted by Gasteiger charge is -2.22. The molecule has 0 fully saturated rings. The van der Waals surface area contributed by atoms with Gasteiger partial charge >= 0.3 is 0 Å². The van der Waals surface area contributed by atoms with Crippen LogP contribution in [0.25, 0.3) is 86.2 Å². The van der Waals surface area contributed by atoms with Crippen molar-refractivity contribution in [1.82, 2.24) is 0 Å². The Hall–Kier alpha value is -5.50. The number of benzene rings is 8. The van der Waals surface area contributed by atoms with Crippen molar-refractivity contribution in [2.45, 2.75) is 26.2 Å². The molecule has 8 aromatic carbocycles. The summed E-state index contributed by atoms with van der Waals surface area (Å²) in [5.74, 6) is 0. The second-order valence-electron chi connectivity index (χ2n) is 14.1. The number of aryl methyl sites for hydroxylation is 1. The molecule has 0 atom stereocenters. The summed E-state index contributed by atoms with van der Waals surface area (Å²) in [6.45, 7) is 7.06. The van der Waals surface area contributed by atoms with Crippen LogP contribution in [0, 0.1) is 6.92 Å². The van der Waals surface area contributed by atoms with Gasteiger partial charge in [0, 0.05) is 25.6 Å². The SMILES string of the molecule is Cc1cc(-c2c3ccccc3c(-c3ccccc3)c3ccccc23)cc(-c2c3c(cc4sc5ccccc5c24)C(C)(C)c2ccccc2-3)c1. The molecule has 0 radical (unpaired) electrons. The van der Waals surface area contributed by atoms with Crippen LogP contribution in [0.4, 0.5) is 0 Å². The Morgan fingerprint density at radius 3 is 1.61 bits per heavy atom. The van der Waals surface area contributed by atoms with Crippen LogP contribution in [-0.2, 0) is 5.41 Å². The summed E-state index contributed by atoms with van der Waals surface area (Å²) in [4.78, 5) is 0. The van der Waals surface area contributed by atoms with Gasteiger partial charge < -0.3 is 0 Å². The highest BCUT2D eigenvalue weighted by molar-refractivity contribution is 7.26. The topological polar surface area (TPSA) is 0 Å². The molecule has 0 unspecified atom stereocenters. The van der Waals surface area contributed by atoms with Crippen molar-refractivity contribution in [3.8, 4) is 44.5 Å². The van der Waals surface area contributed by atoms with Crippen molar-refractivity contribution < 1.29 is 0 Å². The zero-order chi connectivity index (χ0) is 32.9. The molecule has 0 nitrogen and oxygen atoms in total. The van der Waals surface area contributed by atoms with Gasteiger partial charge in [-0.25, -0.2) is 0 Å². The normalized spacial score (nSPS) is 13.4. The van der Waals surface area contributed by atoms with E-state index in [-0.39, 0.29) is 5.41 Å². The van der Waals surface area contributed by atoms with Crippen LogP contribution in [0.2, 0.25) is 0 Å². The maximum Gasteiger partial charge on any atom is 0.0365 e. The molecule has 0 saturated heterocycles. The van der Waals surface area contributed by atoms with Gasteiger partial charge in [-0.05, 0) is 108 Å². The Morgan fingerprint density at radius 2 is 0.939 bits per heavy atom. The molecule has 49 heavy (non-hydrogen) atoms. The standard InChI is InChI=1S/C48H34S/c1-29-25-31(44-35-19-9-7-17-33(35)43(30-15-5-4-6-16-30)34-18-8-10-20-36(34)44)27-32(26-29)45-46-37-21-11-13-23-39(37)48(2,3)40(46)28-42-47(45)38-22-12-14-24-41(38)49-42/h4-28H,1-3H3. The first-order chi connectivity index (χ1) is 24.0. The molecule has 10 rings (SSSR count). The molecule has 232 valence electrons. The molecule has 9 aromatic rings. The van der Waals surface area contributed by atoms with Crippen molar-refractivity contribution in [3.63, 3.8) is 0 Å². The fourth-order valence-electron chi connectivity index (χ4n) is 8.77. The molecule has 0 spiro atoms. The van der Waals surface area contributed by atoms with E-state index in [9.17, 15) is 0 Å². The maximum absolute atomic E-state index is 2.50. The lowest BCUT2D eigenvalue weighted by atomic mass is 9.81. The highest BCUT2D eigenvalue weighted by Crippen LogP contribution is 2.57. The smallest absolute Gasteiger partial charge is 0.0365 e. The predicted octanol–water partition coefficient (Wildman–Crippen LogP) is 14.0. The molecule has 1 aliphatic carbocycles. The first-order valence-electron chi connectivity index (χ1n) is 17.2. The zero-order valence-electron chi connectivity index (χ0n) is 27.8. The van der Waals surface area contributed by atoms with Crippen molar-refractivity contribution >= 4 is 53.1 Å². The van der Waals surface area contributed by atoms with E-state index in [2.05, 4.69) is 172 Å². The summed E-state index contributed by atoms with van der Waals surface area (Å²) < 4.78 is 2.71. The van der Waals surface area contributed by atoms with Gasteiger partial charge in [0.25, 0.3) is 0 Å². The fraction of sp³-hybridized carbons (Fsp3) is 0.0833. The van der Waals surface area contributed by atoms with Crippen molar-refractivity contribution in [2.24, 2.45) is 0 Å². The molecular weight excluding hydrogens is 609 g/mol. The van der Waals surface area contributed by atoms with Gasteiger partial charge in [0.15, 0.2) is 0 Å². The summed E-state index contributed by atoms with van der Waals surface area (Å²) >= 11 is 1.92. The minimum atomic E-state index is -0.0859. The summed E-state index contributed by atoms with van der Waals surface area (Å²) in [7, 11) is 0. The Balaban J connectivity index is 1.34. The molecule has 0 N–H and O–H groups in total. The summed E-state index contributed by atoms with van der Waals surface area (Å²) in [5.41, 5.74) is 14.5. The van der Waals surface area contributed by atoms with Crippen molar-refractivity contribution in [1.29, 1.82) is 0 Å². The molecule has 1 aromatic heterocycles. The molecule has 0 aliphatic heterocycles. The predicted molar refractivity (Wildman–Crippen MR) is 213 cm³/mol. The van der Waals surface area contributed by atoms with Crippen LogP contribution in [0.1, 0.15) is 30.5 Å². The quantitative estimate of drug-likeness (QED) is 0.168. The van der Waals surface area contributed by atoms with Crippen LogP contribution in [0.3, 0.4) is 0 Å². The van der Waals surface area contributed by atoms with Crippen LogP contribution >= 0.6 is 11.3 Å². The minimum Gasteiger partial charge on any atom is -0.135 e. The van der Waals surface area contributed by atoms with Gasteiger partial charge in [0.05, 0.1) is 0 Å². The largest absolute Gasteiger partial charge is 0.135 e. The molecular formula is C48H34S. The first kappa shape index (κ1) is 28.5. The third-order valence-corrected chi connectivity index (χ3v) is 12.0. The van der Waals surface area contributed by atoms with E-state index in [1.807, 2.05) is 11.3 Å². The average molecular weight is 643 g/mol. The Morgan fingerprint density at radius 1 is 0.408 bits per heavy atom. The van der Waals surface area contributed by atoms with Gasteiger partial charge in [0.2, 0.25) is 0 Å². The summed E-state index contributed by atoms with van der Waals surface area (Å²) in [6.07, 6.45) is 0. The Kier molecular flexibility index (Phi) is 6.11. The van der Waals surface area contributed by atoms with Crippen LogP contribution < -0.4 is 0 Å². The number of rotatable bonds is 3. The van der Waals surface area contributed by atoms with Gasteiger partial charge in [-0.1, -0.05) is 147 Å². The van der Waals surface area contributed by atoms with E-state index < -0.39 is 0 Å². The number of thiophene rings is 1. The van der Waals surface area contributed by atoms with E-state index >= 15 is 0 Å². The molecule has 1 aliphatic rings. The second kappa shape index (κ2) is 10.5. The maximum atomic E-state index is 2.50. The summed E-state index contributed by atoms with van der Waals surface area (Å²) in [5, 5.41) is 7.85. The van der Waals surface area contributed by atoms with E-state index in [1.54, 1.807) is 0 Å². The van der Waals surface area contributed by atoms with E-state index in [0.717, 1.165) is 0 Å².